The van der Waals surface area contributed by atoms with Crippen molar-refractivity contribution < 1.29 is 24.9 Å². The van der Waals surface area contributed by atoms with Crippen LogP contribution in [0.5, 0.6) is 0 Å². The molecule has 10 heteroatoms. The lowest BCUT2D eigenvalue weighted by Crippen LogP contribution is -2.56. The number of fused-ring (bicyclic) bond motifs is 1. The summed E-state index contributed by atoms with van der Waals surface area (Å²) in [6, 6.07) is 18.7. The highest BCUT2D eigenvalue weighted by Gasteiger charge is 2.37. The van der Waals surface area contributed by atoms with E-state index in [1.54, 1.807) is 0 Å². The molecule has 0 spiro atoms. The number of ether oxygens (including phenoxy) is 1. The molecular weight excluding hydrogens is 516 g/mol. The Bertz CT molecular complexity index is 1410. The zero-order valence-corrected chi connectivity index (χ0v) is 22.5. The summed E-state index contributed by atoms with van der Waals surface area (Å²) in [5, 5.41) is 43.9. The minimum Gasteiger partial charge on any atom is -0.388 e. The molecule has 5 rings (SSSR count). The molecular formula is C29H32N4O5S. The van der Waals surface area contributed by atoms with E-state index in [1.807, 2.05) is 18.2 Å². The number of amides is 1. The number of thiophene rings is 1. The molecule has 0 saturated carbocycles. The van der Waals surface area contributed by atoms with Gasteiger partial charge in [0, 0.05) is 48.2 Å². The van der Waals surface area contributed by atoms with Gasteiger partial charge in [0.25, 0.3) is 5.91 Å². The molecule has 9 nitrogen and oxygen atoms in total. The molecule has 4 atom stereocenters. The number of likely N-dealkylation sites (N-methyl/N-ethyl adjacent to an activating group) is 1. The van der Waals surface area contributed by atoms with E-state index in [9.17, 15) is 25.4 Å². The summed E-state index contributed by atoms with van der Waals surface area (Å²) < 4.78 is 5.30. The van der Waals surface area contributed by atoms with Crippen LogP contribution >= 0.6 is 11.3 Å². The van der Waals surface area contributed by atoms with Gasteiger partial charge in [-0.25, -0.2) is 0 Å². The smallest absolute Gasteiger partial charge is 0.262 e. The van der Waals surface area contributed by atoms with Crippen molar-refractivity contribution in [1.82, 2.24) is 10.2 Å². The van der Waals surface area contributed by atoms with Gasteiger partial charge in [-0.3, -0.25) is 4.79 Å². The number of benzene rings is 2. The minimum absolute atomic E-state index is 0.0794. The molecule has 2 fully saturated rings. The predicted octanol–water partition coefficient (Wildman–Crippen LogP) is 1.82. The number of piperazine rings is 1. The Kier molecular flexibility index (Phi) is 8.28. The van der Waals surface area contributed by atoms with Crippen molar-refractivity contribution in [2.45, 2.75) is 24.4 Å². The van der Waals surface area contributed by atoms with Gasteiger partial charge in [0.2, 0.25) is 0 Å². The van der Waals surface area contributed by atoms with Crippen LogP contribution in [0.4, 0.5) is 5.69 Å². The zero-order valence-electron chi connectivity index (χ0n) is 21.7. The van der Waals surface area contributed by atoms with Crippen LogP contribution in [0.3, 0.4) is 0 Å². The summed E-state index contributed by atoms with van der Waals surface area (Å²) >= 11 is 1.48. The Morgan fingerprint density at radius 2 is 1.82 bits per heavy atom. The summed E-state index contributed by atoms with van der Waals surface area (Å²) in [7, 11) is 2.15. The molecule has 39 heavy (non-hydrogen) atoms. The van der Waals surface area contributed by atoms with Gasteiger partial charge in [-0.15, -0.1) is 11.3 Å². The van der Waals surface area contributed by atoms with Crippen LogP contribution in [0.25, 0.3) is 27.3 Å². The maximum absolute atomic E-state index is 12.6. The van der Waals surface area contributed by atoms with Crippen LogP contribution in [-0.2, 0) is 9.53 Å². The minimum atomic E-state index is -1.36. The van der Waals surface area contributed by atoms with E-state index in [2.05, 4.69) is 58.6 Å². The molecule has 0 aliphatic carbocycles. The van der Waals surface area contributed by atoms with E-state index in [1.165, 1.54) is 28.5 Å². The molecule has 0 unspecified atom stereocenters. The normalized spacial score (nSPS) is 24.5. The van der Waals surface area contributed by atoms with E-state index in [4.69, 9.17) is 4.74 Å². The monoisotopic (exact) mass is 548 g/mol. The molecule has 0 bridgehead atoms. The highest BCUT2D eigenvalue weighted by Crippen LogP contribution is 2.33. The zero-order chi connectivity index (χ0) is 27.5. The van der Waals surface area contributed by atoms with E-state index in [0.29, 0.717) is 0 Å². The molecule has 0 radical (unpaired) electrons. The molecule has 4 N–H and O–H groups in total. The number of anilines is 1. The summed E-state index contributed by atoms with van der Waals surface area (Å²) in [4.78, 5) is 19.2. The predicted molar refractivity (Wildman–Crippen MR) is 151 cm³/mol. The maximum atomic E-state index is 12.6. The molecule has 2 aliphatic rings. The number of aliphatic hydroxyl groups is 3. The number of carbonyl (C=O) groups is 1. The number of carbonyl (C=O) groups excluding carboxylic acids is 1. The van der Waals surface area contributed by atoms with Gasteiger partial charge >= 0.3 is 0 Å². The molecule has 3 aromatic rings. The van der Waals surface area contributed by atoms with Crippen molar-refractivity contribution in [2.24, 2.45) is 0 Å². The van der Waals surface area contributed by atoms with Gasteiger partial charge in [-0.1, -0.05) is 18.2 Å². The van der Waals surface area contributed by atoms with Crippen molar-refractivity contribution in [2.75, 3.05) is 51.3 Å². The molecule has 2 saturated heterocycles. The van der Waals surface area contributed by atoms with Crippen LogP contribution in [0, 0.1) is 11.3 Å². The molecule has 3 heterocycles. The van der Waals surface area contributed by atoms with E-state index >= 15 is 0 Å². The summed E-state index contributed by atoms with van der Waals surface area (Å²) in [5.74, 6) is -0.606. The first kappa shape index (κ1) is 27.3. The third-order valence-corrected chi connectivity index (χ3v) is 8.41. The lowest BCUT2D eigenvalue weighted by Gasteiger charge is -2.35. The fourth-order valence-corrected chi connectivity index (χ4v) is 5.81. The third-order valence-electron chi connectivity index (χ3n) is 7.33. The SMILES string of the molecule is CN1CCN(c2ccc3cc(-c4ccc(/C=C(\C#N)C(=O)NC[C@H]5OC[C@H](O)[C@@H](O)[C@@H]5O)s4)ccc3c2)CC1. The van der Waals surface area contributed by atoms with Crippen LogP contribution < -0.4 is 10.2 Å². The first-order chi connectivity index (χ1) is 18.8. The summed E-state index contributed by atoms with van der Waals surface area (Å²) in [6.07, 6.45) is -3.24. The van der Waals surface area contributed by atoms with Gasteiger partial charge in [-0.05, 0) is 59.8 Å². The fourth-order valence-electron chi connectivity index (χ4n) is 4.86. The first-order valence-corrected chi connectivity index (χ1v) is 13.8. The molecule has 2 aliphatic heterocycles. The van der Waals surface area contributed by atoms with E-state index < -0.39 is 30.3 Å². The fraction of sp³-hybridized carbons (Fsp3) is 0.379. The molecule has 2 aromatic carbocycles. The number of nitrogens with zero attached hydrogens (tertiary/aromatic N) is 3. The first-order valence-electron chi connectivity index (χ1n) is 13.0. The number of hydrogen-bond acceptors (Lipinski definition) is 9. The van der Waals surface area contributed by atoms with E-state index in [-0.39, 0.29) is 18.7 Å². The second-order valence-electron chi connectivity index (χ2n) is 10.0. The topological polar surface area (TPSA) is 129 Å². The second-order valence-corrected chi connectivity index (χ2v) is 11.2. The quantitative estimate of drug-likeness (QED) is 0.271. The van der Waals surface area contributed by atoms with Gasteiger partial charge in [0.05, 0.1) is 6.61 Å². The van der Waals surface area contributed by atoms with Gasteiger partial charge in [0.15, 0.2) is 0 Å². The van der Waals surface area contributed by atoms with E-state index in [0.717, 1.165) is 46.9 Å². The van der Waals surface area contributed by atoms with Crippen molar-refractivity contribution in [3.63, 3.8) is 0 Å². The molecule has 1 amide bonds. The van der Waals surface area contributed by atoms with Crippen LogP contribution in [0.2, 0.25) is 0 Å². The number of hydrogen-bond donors (Lipinski definition) is 4. The Hall–Kier alpha value is -3.30. The lowest BCUT2D eigenvalue weighted by atomic mass is 10.00. The maximum Gasteiger partial charge on any atom is 0.262 e. The molecule has 204 valence electrons. The Morgan fingerprint density at radius 3 is 2.59 bits per heavy atom. The highest BCUT2D eigenvalue weighted by molar-refractivity contribution is 7.16. The second kappa shape index (κ2) is 11.8. The average molecular weight is 549 g/mol. The Labute approximate surface area is 231 Å². The van der Waals surface area contributed by atoms with Crippen molar-refractivity contribution in [1.29, 1.82) is 5.26 Å². The Balaban J connectivity index is 1.25. The average Bonchev–Trinajstić information content (AvgIpc) is 3.42. The highest BCUT2D eigenvalue weighted by atomic mass is 32.1. The number of nitriles is 1. The standard InChI is InChI=1S/C29H32N4O5S/c1-32-8-10-33(11-9-32)22-5-4-18-12-20(3-2-19(18)13-22)26-7-6-23(39-26)14-21(15-30)29(37)31-16-25-28(36)27(35)24(34)17-38-25/h2-7,12-14,24-25,27-28,34-36H,8-11,16-17H2,1H3,(H,31,37)/b21-14+/t24-,25+,27+,28+/m0/s1. The number of aliphatic hydroxyl groups excluding tert-OH is 3. The van der Waals surface area contributed by atoms with Crippen molar-refractivity contribution >= 4 is 39.8 Å². The summed E-state index contributed by atoms with van der Waals surface area (Å²) in [5.41, 5.74) is 2.23. The number of nitrogens with one attached hydrogen (secondary N) is 1. The lowest BCUT2D eigenvalue weighted by molar-refractivity contribution is -0.185. The summed E-state index contributed by atoms with van der Waals surface area (Å²) in [6.45, 7) is 3.93. The van der Waals surface area contributed by atoms with Crippen molar-refractivity contribution in [3.05, 3.63) is 59.0 Å². The largest absolute Gasteiger partial charge is 0.388 e. The van der Waals surface area contributed by atoms with Gasteiger partial charge in [0.1, 0.15) is 36.1 Å². The van der Waals surface area contributed by atoms with Crippen molar-refractivity contribution in [3.8, 4) is 16.5 Å². The van der Waals surface area contributed by atoms with Crippen LogP contribution in [0.1, 0.15) is 4.88 Å². The molecule has 1 aromatic heterocycles. The van der Waals surface area contributed by atoms with Gasteiger partial charge in [-0.2, -0.15) is 5.26 Å². The van der Waals surface area contributed by atoms with Crippen LogP contribution in [0.15, 0.2) is 54.1 Å². The van der Waals surface area contributed by atoms with Gasteiger partial charge < -0.3 is 35.2 Å². The third kappa shape index (κ3) is 6.15. The Morgan fingerprint density at radius 1 is 1.08 bits per heavy atom. The van der Waals surface area contributed by atoms with Crippen LogP contribution in [-0.4, -0.2) is 96.9 Å². The number of rotatable bonds is 6.